The number of benzene rings is 1. The minimum Gasteiger partial charge on any atom is -0.492 e. The highest BCUT2D eigenvalue weighted by atomic mass is 35.5. The largest absolute Gasteiger partial charge is 0.492 e. The van der Waals surface area contributed by atoms with E-state index in [0.717, 1.165) is 24.4 Å². The fourth-order valence-corrected chi connectivity index (χ4v) is 2.18. The second-order valence-electron chi connectivity index (χ2n) is 4.53. The molecule has 1 aromatic carbocycles. The van der Waals surface area contributed by atoms with Crippen LogP contribution in [0.4, 0.5) is 0 Å². The summed E-state index contributed by atoms with van der Waals surface area (Å²) in [6.07, 6.45) is 1.72. The van der Waals surface area contributed by atoms with Gasteiger partial charge >= 0.3 is 0 Å². The number of nitrogens with zero attached hydrogens (tertiary/aromatic N) is 2. The van der Waals surface area contributed by atoms with Crippen molar-refractivity contribution in [2.75, 3.05) is 20.2 Å². The molecule has 0 bridgehead atoms. The lowest BCUT2D eigenvalue weighted by atomic mass is 10.2. The molecule has 0 amide bonds. The van der Waals surface area contributed by atoms with E-state index >= 15 is 0 Å². The van der Waals surface area contributed by atoms with Crippen molar-refractivity contribution in [1.82, 2.24) is 9.88 Å². The molecule has 106 valence electrons. The molecule has 2 rings (SSSR count). The molecule has 0 saturated heterocycles. The Morgan fingerprint density at radius 1 is 1.20 bits per heavy atom. The Morgan fingerprint density at radius 2 is 2.05 bits per heavy atom. The summed E-state index contributed by atoms with van der Waals surface area (Å²) in [7, 11) is 2.04. The predicted octanol–water partition coefficient (Wildman–Crippen LogP) is 3.90. The topological polar surface area (TPSA) is 25.4 Å². The number of pyridine rings is 1. The van der Waals surface area contributed by atoms with Crippen LogP contribution in [0, 0.1) is 0 Å². The van der Waals surface area contributed by atoms with Gasteiger partial charge in [0.05, 0.1) is 0 Å². The highest BCUT2D eigenvalue weighted by molar-refractivity contribution is 6.30. The van der Waals surface area contributed by atoms with E-state index in [1.165, 1.54) is 0 Å². The standard InChI is InChI=1S/C15H16Cl2N2O/c1-19(11-12-5-6-18-15(17)9-12)7-8-20-14-4-2-3-13(16)10-14/h2-6,9-10H,7-8,11H2,1H3. The number of aromatic nitrogens is 1. The molecule has 0 spiro atoms. The lowest BCUT2D eigenvalue weighted by molar-refractivity contribution is 0.233. The quantitative estimate of drug-likeness (QED) is 0.757. The number of ether oxygens (including phenoxy) is 1. The van der Waals surface area contributed by atoms with Crippen LogP contribution in [-0.4, -0.2) is 30.1 Å². The molecule has 0 unspecified atom stereocenters. The molecule has 5 heteroatoms. The van der Waals surface area contributed by atoms with Crippen LogP contribution in [-0.2, 0) is 6.54 Å². The molecule has 0 N–H and O–H groups in total. The lowest BCUT2D eigenvalue weighted by Crippen LogP contribution is -2.23. The molecular formula is C15H16Cl2N2O. The Bertz CT molecular complexity index is 563. The van der Waals surface area contributed by atoms with Crippen molar-refractivity contribution >= 4 is 23.2 Å². The fraction of sp³-hybridized carbons (Fsp3) is 0.267. The average Bonchev–Trinajstić information content (AvgIpc) is 2.38. The number of hydrogen-bond acceptors (Lipinski definition) is 3. The van der Waals surface area contributed by atoms with Crippen molar-refractivity contribution in [3.8, 4) is 5.75 Å². The van der Waals surface area contributed by atoms with Gasteiger partial charge in [-0.25, -0.2) is 4.98 Å². The minimum absolute atomic E-state index is 0.520. The van der Waals surface area contributed by atoms with E-state index in [2.05, 4.69) is 9.88 Å². The van der Waals surface area contributed by atoms with Gasteiger partial charge in [0.1, 0.15) is 17.5 Å². The first kappa shape index (κ1) is 15.1. The Kier molecular flexibility index (Phi) is 5.65. The molecule has 0 atom stereocenters. The summed E-state index contributed by atoms with van der Waals surface area (Å²) in [5.41, 5.74) is 1.13. The molecule has 1 heterocycles. The number of likely N-dealkylation sites (N-methyl/N-ethyl adjacent to an activating group) is 1. The van der Waals surface area contributed by atoms with Crippen LogP contribution in [0.25, 0.3) is 0 Å². The second-order valence-corrected chi connectivity index (χ2v) is 5.35. The monoisotopic (exact) mass is 310 g/mol. The highest BCUT2D eigenvalue weighted by Crippen LogP contribution is 2.17. The first-order valence-electron chi connectivity index (χ1n) is 6.31. The summed E-state index contributed by atoms with van der Waals surface area (Å²) in [5, 5.41) is 1.20. The van der Waals surface area contributed by atoms with Gasteiger partial charge in [-0.1, -0.05) is 29.3 Å². The summed E-state index contributed by atoms with van der Waals surface area (Å²) in [6, 6.07) is 11.2. The maximum absolute atomic E-state index is 5.90. The first-order valence-corrected chi connectivity index (χ1v) is 7.06. The Labute approximate surface area is 129 Å². The van der Waals surface area contributed by atoms with Gasteiger partial charge in [0.25, 0.3) is 0 Å². The van der Waals surface area contributed by atoms with Crippen molar-refractivity contribution in [3.05, 3.63) is 58.3 Å². The summed E-state index contributed by atoms with van der Waals surface area (Å²) >= 11 is 11.8. The van der Waals surface area contributed by atoms with E-state index in [9.17, 15) is 0 Å². The molecule has 0 saturated carbocycles. The van der Waals surface area contributed by atoms with Crippen LogP contribution in [0.3, 0.4) is 0 Å². The zero-order valence-electron chi connectivity index (χ0n) is 11.2. The molecule has 0 aliphatic rings. The zero-order valence-corrected chi connectivity index (χ0v) is 12.7. The van der Waals surface area contributed by atoms with E-state index in [1.807, 2.05) is 43.4 Å². The van der Waals surface area contributed by atoms with E-state index < -0.39 is 0 Å². The molecule has 3 nitrogen and oxygen atoms in total. The molecule has 0 radical (unpaired) electrons. The average molecular weight is 311 g/mol. The smallest absolute Gasteiger partial charge is 0.129 e. The van der Waals surface area contributed by atoms with Crippen molar-refractivity contribution in [3.63, 3.8) is 0 Å². The number of halogens is 2. The van der Waals surface area contributed by atoms with Gasteiger partial charge in [-0.15, -0.1) is 0 Å². The van der Waals surface area contributed by atoms with Crippen LogP contribution in [0.15, 0.2) is 42.6 Å². The van der Waals surface area contributed by atoms with Gasteiger partial charge < -0.3 is 4.74 Å². The highest BCUT2D eigenvalue weighted by Gasteiger charge is 2.02. The molecule has 20 heavy (non-hydrogen) atoms. The van der Waals surface area contributed by atoms with Gasteiger partial charge in [0.2, 0.25) is 0 Å². The van der Waals surface area contributed by atoms with Crippen molar-refractivity contribution < 1.29 is 4.74 Å². The maximum atomic E-state index is 5.90. The van der Waals surface area contributed by atoms with Crippen LogP contribution < -0.4 is 4.74 Å². The third kappa shape index (κ3) is 5.00. The van der Waals surface area contributed by atoms with Crippen molar-refractivity contribution in [1.29, 1.82) is 0 Å². The third-order valence-corrected chi connectivity index (χ3v) is 3.22. The van der Waals surface area contributed by atoms with Gasteiger partial charge in [-0.3, -0.25) is 4.90 Å². The van der Waals surface area contributed by atoms with E-state index in [-0.39, 0.29) is 0 Å². The predicted molar refractivity (Wildman–Crippen MR) is 82.5 cm³/mol. The summed E-state index contributed by atoms with van der Waals surface area (Å²) < 4.78 is 5.65. The van der Waals surface area contributed by atoms with Crippen LogP contribution in [0.5, 0.6) is 5.75 Å². The van der Waals surface area contributed by atoms with E-state index in [4.69, 9.17) is 27.9 Å². The van der Waals surface area contributed by atoms with Gasteiger partial charge in [-0.2, -0.15) is 0 Å². The summed E-state index contributed by atoms with van der Waals surface area (Å²) in [4.78, 5) is 6.13. The molecule has 2 aromatic rings. The van der Waals surface area contributed by atoms with Crippen molar-refractivity contribution in [2.45, 2.75) is 6.54 Å². The van der Waals surface area contributed by atoms with E-state index in [1.54, 1.807) is 6.20 Å². The summed E-state index contributed by atoms with van der Waals surface area (Å²) in [5.74, 6) is 0.790. The minimum atomic E-state index is 0.520. The third-order valence-electron chi connectivity index (χ3n) is 2.78. The Balaban J connectivity index is 1.76. The Morgan fingerprint density at radius 3 is 2.80 bits per heavy atom. The van der Waals surface area contributed by atoms with Crippen LogP contribution >= 0.6 is 23.2 Å². The van der Waals surface area contributed by atoms with Crippen molar-refractivity contribution in [2.24, 2.45) is 0 Å². The SMILES string of the molecule is CN(CCOc1cccc(Cl)c1)Cc1ccnc(Cl)c1. The van der Waals surface area contributed by atoms with Crippen LogP contribution in [0.1, 0.15) is 5.56 Å². The zero-order chi connectivity index (χ0) is 14.4. The van der Waals surface area contributed by atoms with Gasteiger partial charge in [-0.05, 0) is 42.9 Å². The first-order chi connectivity index (χ1) is 9.63. The van der Waals surface area contributed by atoms with Gasteiger partial charge in [0, 0.05) is 24.3 Å². The van der Waals surface area contributed by atoms with Gasteiger partial charge in [0.15, 0.2) is 0 Å². The molecule has 0 aliphatic heterocycles. The molecule has 0 fully saturated rings. The van der Waals surface area contributed by atoms with Crippen LogP contribution in [0.2, 0.25) is 10.2 Å². The summed E-state index contributed by atoms with van der Waals surface area (Å²) in [6.45, 7) is 2.23. The number of rotatable bonds is 6. The second kappa shape index (κ2) is 7.48. The normalized spacial score (nSPS) is 10.8. The lowest BCUT2D eigenvalue weighted by Gasteiger charge is -2.17. The fourth-order valence-electron chi connectivity index (χ4n) is 1.81. The van der Waals surface area contributed by atoms with E-state index in [0.29, 0.717) is 16.8 Å². The Hall–Kier alpha value is -1.29. The number of hydrogen-bond donors (Lipinski definition) is 0. The molecule has 0 aliphatic carbocycles. The molecule has 1 aromatic heterocycles. The molecular weight excluding hydrogens is 295 g/mol. The maximum Gasteiger partial charge on any atom is 0.129 e.